The van der Waals surface area contributed by atoms with Crippen molar-refractivity contribution in [2.45, 2.75) is 27.0 Å². The fourth-order valence-electron chi connectivity index (χ4n) is 1.09. The third-order valence-electron chi connectivity index (χ3n) is 1.79. The summed E-state index contributed by atoms with van der Waals surface area (Å²) < 4.78 is 7.20. The van der Waals surface area contributed by atoms with Crippen molar-refractivity contribution in [2.75, 3.05) is 13.2 Å². The zero-order chi connectivity index (χ0) is 10.4. The number of hydrogen-bond donors (Lipinski definition) is 1. The first-order valence-corrected chi connectivity index (χ1v) is 4.92. The lowest BCUT2D eigenvalue weighted by atomic mass is 10.2. The predicted octanol–water partition coefficient (Wildman–Crippen LogP) is 1.05. The first kappa shape index (κ1) is 11.2. The molecule has 0 bridgehead atoms. The topological polar surface area (TPSA) is 47.3 Å². The van der Waals surface area contributed by atoms with Gasteiger partial charge in [-0.3, -0.25) is 4.68 Å². The Hall–Kier alpha value is -0.870. The lowest BCUT2D eigenvalue weighted by Gasteiger charge is -2.06. The summed E-state index contributed by atoms with van der Waals surface area (Å²) in [6.45, 7) is 6.49. The quantitative estimate of drug-likeness (QED) is 0.695. The maximum atomic E-state index is 8.81. The van der Waals surface area contributed by atoms with Gasteiger partial charge in [0.1, 0.15) is 0 Å². The summed E-state index contributed by atoms with van der Waals surface area (Å²) >= 11 is 0. The average Bonchev–Trinajstić information content (AvgIpc) is 2.60. The molecule has 0 aromatic carbocycles. The predicted molar refractivity (Wildman–Crippen MR) is 53.8 cm³/mol. The SMILES string of the molecule is CC(C)COCCn1cc(CO)cn1. The van der Waals surface area contributed by atoms with Crippen molar-refractivity contribution in [3.05, 3.63) is 18.0 Å². The molecule has 4 nitrogen and oxygen atoms in total. The van der Waals surface area contributed by atoms with E-state index in [0.717, 1.165) is 18.7 Å². The maximum absolute atomic E-state index is 8.81. The van der Waals surface area contributed by atoms with Crippen LogP contribution >= 0.6 is 0 Å². The van der Waals surface area contributed by atoms with Gasteiger partial charge in [-0.05, 0) is 5.92 Å². The van der Waals surface area contributed by atoms with Crippen molar-refractivity contribution in [3.8, 4) is 0 Å². The monoisotopic (exact) mass is 198 g/mol. The van der Waals surface area contributed by atoms with Gasteiger partial charge in [0.25, 0.3) is 0 Å². The van der Waals surface area contributed by atoms with Gasteiger partial charge in [-0.15, -0.1) is 0 Å². The average molecular weight is 198 g/mol. The minimum Gasteiger partial charge on any atom is -0.392 e. The number of rotatable bonds is 6. The number of hydrogen-bond acceptors (Lipinski definition) is 3. The highest BCUT2D eigenvalue weighted by Crippen LogP contribution is 1.97. The van der Waals surface area contributed by atoms with Crippen LogP contribution in [0.25, 0.3) is 0 Å². The van der Waals surface area contributed by atoms with Gasteiger partial charge in [0.05, 0.1) is 26.0 Å². The fraction of sp³-hybridized carbons (Fsp3) is 0.700. The Morgan fingerprint density at radius 2 is 2.36 bits per heavy atom. The molecule has 0 atom stereocenters. The van der Waals surface area contributed by atoms with E-state index in [1.54, 1.807) is 10.9 Å². The van der Waals surface area contributed by atoms with E-state index >= 15 is 0 Å². The van der Waals surface area contributed by atoms with Crippen LogP contribution < -0.4 is 0 Å². The highest BCUT2D eigenvalue weighted by Gasteiger charge is 1.97. The van der Waals surface area contributed by atoms with E-state index < -0.39 is 0 Å². The van der Waals surface area contributed by atoms with Crippen molar-refractivity contribution in [3.63, 3.8) is 0 Å². The van der Waals surface area contributed by atoms with Gasteiger partial charge in [0.15, 0.2) is 0 Å². The molecule has 1 N–H and O–H groups in total. The Balaban J connectivity index is 2.18. The molecule has 0 radical (unpaired) electrons. The standard InChI is InChI=1S/C10H18N2O2/c1-9(2)8-14-4-3-12-6-10(7-13)5-11-12/h5-6,9,13H,3-4,7-8H2,1-2H3. The van der Waals surface area contributed by atoms with Crippen LogP contribution in [0, 0.1) is 5.92 Å². The summed E-state index contributed by atoms with van der Waals surface area (Å²) in [5.41, 5.74) is 0.842. The number of ether oxygens (including phenoxy) is 1. The number of nitrogens with zero attached hydrogens (tertiary/aromatic N) is 2. The van der Waals surface area contributed by atoms with Gasteiger partial charge >= 0.3 is 0 Å². The zero-order valence-corrected chi connectivity index (χ0v) is 8.81. The summed E-state index contributed by atoms with van der Waals surface area (Å²) in [6, 6.07) is 0. The summed E-state index contributed by atoms with van der Waals surface area (Å²) in [4.78, 5) is 0. The molecule has 0 amide bonds. The Labute approximate surface area is 84.5 Å². The molecule has 4 heteroatoms. The van der Waals surface area contributed by atoms with E-state index in [2.05, 4.69) is 18.9 Å². The Kier molecular flexibility index (Phi) is 4.62. The second kappa shape index (κ2) is 5.78. The summed E-state index contributed by atoms with van der Waals surface area (Å²) in [6.07, 6.45) is 3.50. The van der Waals surface area contributed by atoms with Crippen LogP contribution in [0.3, 0.4) is 0 Å². The number of aromatic nitrogens is 2. The molecule has 14 heavy (non-hydrogen) atoms. The minimum absolute atomic E-state index is 0.0485. The summed E-state index contributed by atoms with van der Waals surface area (Å²) in [5, 5.41) is 12.9. The lowest BCUT2D eigenvalue weighted by molar-refractivity contribution is 0.101. The van der Waals surface area contributed by atoms with Gasteiger partial charge in [-0.25, -0.2) is 0 Å². The normalized spacial score (nSPS) is 11.1. The summed E-state index contributed by atoms with van der Waals surface area (Å²) in [5.74, 6) is 0.570. The molecular weight excluding hydrogens is 180 g/mol. The second-order valence-electron chi connectivity index (χ2n) is 3.74. The third-order valence-corrected chi connectivity index (χ3v) is 1.79. The molecule has 1 heterocycles. The lowest BCUT2D eigenvalue weighted by Crippen LogP contribution is -2.09. The molecule has 1 rings (SSSR count). The van der Waals surface area contributed by atoms with Crippen molar-refractivity contribution in [2.24, 2.45) is 5.92 Å². The summed E-state index contributed by atoms with van der Waals surface area (Å²) in [7, 11) is 0. The van der Waals surface area contributed by atoms with Crippen LogP contribution in [-0.2, 0) is 17.9 Å². The molecule has 0 spiro atoms. The maximum Gasteiger partial charge on any atom is 0.0712 e. The van der Waals surface area contributed by atoms with E-state index in [1.807, 2.05) is 6.20 Å². The third kappa shape index (κ3) is 3.89. The van der Waals surface area contributed by atoms with Crippen LogP contribution in [0.5, 0.6) is 0 Å². The largest absolute Gasteiger partial charge is 0.392 e. The molecule has 80 valence electrons. The van der Waals surface area contributed by atoms with Crippen molar-refractivity contribution < 1.29 is 9.84 Å². The number of aliphatic hydroxyl groups is 1. The van der Waals surface area contributed by atoms with E-state index in [1.165, 1.54) is 0 Å². The van der Waals surface area contributed by atoms with Gasteiger partial charge in [-0.1, -0.05) is 13.8 Å². The first-order chi connectivity index (χ1) is 6.72. The number of aliphatic hydroxyl groups excluding tert-OH is 1. The highest BCUT2D eigenvalue weighted by atomic mass is 16.5. The fourth-order valence-corrected chi connectivity index (χ4v) is 1.09. The van der Waals surface area contributed by atoms with Crippen LogP contribution in [0.1, 0.15) is 19.4 Å². The molecule has 1 aromatic rings. The van der Waals surface area contributed by atoms with Crippen molar-refractivity contribution in [1.82, 2.24) is 9.78 Å². The van der Waals surface area contributed by atoms with Crippen LogP contribution in [0.15, 0.2) is 12.4 Å². The molecule has 0 aliphatic carbocycles. The van der Waals surface area contributed by atoms with E-state index in [9.17, 15) is 0 Å². The Morgan fingerprint density at radius 1 is 1.57 bits per heavy atom. The van der Waals surface area contributed by atoms with Gasteiger partial charge in [-0.2, -0.15) is 5.10 Å². The molecule has 0 fully saturated rings. The van der Waals surface area contributed by atoms with Crippen LogP contribution in [0.4, 0.5) is 0 Å². The van der Waals surface area contributed by atoms with Gasteiger partial charge < -0.3 is 9.84 Å². The second-order valence-corrected chi connectivity index (χ2v) is 3.74. The molecule has 0 saturated carbocycles. The molecule has 0 aliphatic rings. The highest BCUT2D eigenvalue weighted by molar-refractivity contribution is 5.01. The molecule has 0 unspecified atom stereocenters. The van der Waals surface area contributed by atoms with Gasteiger partial charge in [0.2, 0.25) is 0 Å². The molecule has 0 saturated heterocycles. The smallest absolute Gasteiger partial charge is 0.0712 e. The molecule has 0 aliphatic heterocycles. The van der Waals surface area contributed by atoms with E-state index in [4.69, 9.17) is 9.84 Å². The van der Waals surface area contributed by atoms with Crippen LogP contribution in [0.2, 0.25) is 0 Å². The van der Waals surface area contributed by atoms with Crippen molar-refractivity contribution >= 4 is 0 Å². The minimum atomic E-state index is 0.0485. The van der Waals surface area contributed by atoms with Crippen LogP contribution in [-0.4, -0.2) is 28.1 Å². The first-order valence-electron chi connectivity index (χ1n) is 4.92. The van der Waals surface area contributed by atoms with E-state index in [0.29, 0.717) is 12.5 Å². The Morgan fingerprint density at radius 3 is 2.93 bits per heavy atom. The van der Waals surface area contributed by atoms with E-state index in [-0.39, 0.29) is 6.61 Å². The molecule has 1 aromatic heterocycles. The van der Waals surface area contributed by atoms with Gasteiger partial charge in [0, 0.05) is 18.4 Å². The molecular formula is C10H18N2O2. The zero-order valence-electron chi connectivity index (χ0n) is 8.81. The van der Waals surface area contributed by atoms with Crippen molar-refractivity contribution in [1.29, 1.82) is 0 Å². The Bertz CT molecular complexity index is 258.